The number of amides is 1. The second kappa shape index (κ2) is 8.19. The molecule has 0 bridgehead atoms. The smallest absolute Gasteiger partial charge is 0.305 e. The van der Waals surface area contributed by atoms with E-state index in [0.717, 1.165) is 5.75 Å². The number of carboxylic acid groups (broad SMARTS) is 1. The van der Waals surface area contributed by atoms with Gasteiger partial charge in [-0.3, -0.25) is 14.4 Å². The predicted molar refractivity (Wildman–Crippen MR) is 91.6 cm³/mol. The lowest BCUT2D eigenvalue weighted by atomic mass is 10.1. The highest BCUT2D eigenvalue weighted by molar-refractivity contribution is 7.99. The van der Waals surface area contributed by atoms with E-state index in [1.54, 1.807) is 47.9 Å². The summed E-state index contributed by atoms with van der Waals surface area (Å²) in [6.45, 7) is 3.63. The van der Waals surface area contributed by atoms with Crippen molar-refractivity contribution in [1.82, 2.24) is 4.90 Å². The van der Waals surface area contributed by atoms with Crippen LogP contribution in [-0.4, -0.2) is 57.9 Å². The summed E-state index contributed by atoms with van der Waals surface area (Å²) in [4.78, 5) is 36.7. The number of nitrogens with zero attached hydrogens (tertiary/aromatic N) is 1. The van der Waals surface area contributed by atoms with Crippen molar-refractivity contribution in [2.45, 2.75) is 32.4 Å². The first-order valence-corrected chi connectivity index (χ1v) is 8.91. The summed E-state index contributed by atoms with van der Waals surface area (Å²) >= 11 is 1.65. The predicted octanol–water partition coefficient (Wildman–Crippen LogP) is 2.08. The van der Waals surface area contributed by atoms with Crippen LogP contribution in [0.1, 0.15) is 30.6 Å². The van der Waals surface area contributed by atoms with Gasteiger partial charge in [0.1, 0.15) is 5.75 Å². The molecule has 2 atom stereocenters. The molecule has 1 aliphatic rings. The topological polar surface area (TPSA) is 83.9 Å². The summed E-state index contributed by atoms with van der Waals surface area (Å²) in [6.07, 6.45) is -0.808. The molecular formula is C17H21NO5S. The third kappa shape index (κ3) is 4.74. The molecule has 1 heterocycles. The first-order chi connectivity index (χ1) is 11.4. The second-order valence-electron chi connectivity index (χ2n) is 5.70. The first kappa shape index (κ1) is 18.3. The molecule has 1 amide bonds. The van der Waals surface area contributed by atoms with Crippen LogP contribution in [0.15, 0.2) is 24.3 Å². The Hall–Kier alpha value is -2.02. The third-order valence-electron chi connectivity index (χ3n) is 3.82. The number of Topliss-reactive ketones (excluding diaryl/α,β-unsaturated/α-hetero) is 1. The van der Waals surface area contributed by atoms with Crippen molar-refractivity contribution in [2.75, 3.05) is 18.1 Å². The van der Waals surface area contributed by atoms with Crippen molar-refractivity contribution in [3.05, 3.63) is 29.8 Å². The van der Waals surface area contributed by atoms with Crippen molar-refractivity contribution in [1.29, 1.82) is 0 Å². The number of rotatable bonds is 6. The van der Waals surface area contributed by atoms with Crippen LogP contribution < -0.4 is 4.74 Å². The number of benzene rings is 1. The van der Waals surface area contributed by atoms with E-state index in [2.05, 4.69) is 0 Å². The molecule has 1 aromatic carbocycles. The Morgan fingerprint density at radius 1 is 1.42 bits per heavy atom. The van der Waals surface area contributed by atoms with Crippen LogP contribution in [0.3, 0.4) is 0 Å². The number of hydrogen-bond acceptors (Lipinski definition) is 5. The van der Waals surface area contributed by atoms with Crippen LogP contribution in [0.25, 0.3) is 0 Å². The van der Waals surface area contributed by atoms with Gasteiger partial charge in [-0.1, -0.05) is 12.1 Å². The normalized spacial score (nSPS) is 18.8. The van der Waals surface area contributed by atoms with Gasteiger partial charge < -0.3 is 14.7 Å². The lowest BCUT2D eigenvalue weighted by molar-refractivity contribution is -0.143. The maximum atomic E-state index is 12.6. The fourth-order valence-electron chi connectivity index (χ4n) is 2.59. The minimum atomic E-state index is -0.914. The van der Waals surface area contributed by atoms with Crippen LogP contribution in [-0.2, 0) is 9.59 Å². The van der Waals surface area contributed by atoms with Gasteiger partial charge in [0.05, 0.1) is 12.5 Å². The van der Waals surface area contributed by atoms with Gasteiger partial charge in [-0.05, 0) is 26.0 Å². The molecule has 24 heavy (non-hydrogen) atoms. The van der Waals surface area contributed by atoms with E-state index in [-0.39, 0.29) is 24.2 Å². The van der Waals surface area contributed by atoms with Gasteiger partial charge in [0.25, 0.3) is 5.91 Å². The summed E-state index contributed by atoms with van der Waals surface area (Å²) in [5.41, 5.74) is 0.519. The number of carboxylic acids is 1. The van der Waals surface area contributed by atoms with Gasteiger partial charge in [0, 0.05) is 23.6 Å². The van der Waals surface area contributed by atoms with Gasteiger partial charge in [0.2, 0.25) is 0 Å². The molecule has 0 saturated carbocycles. The van der Waals surface area contributed by atoms with Crippen molar-refractivity contribution >= 4 is 29.4 Å². The van der Waals surface area contributed by atoms with Crippen molar-refractivity contribution in [3.8, 4) is 5.75 Å². The second-order valence-corrected chi connectivity index (χ2v) is 6.85. The Balaban J connectivity index is 2.06. The summed E-state index contributed by atoms with van der Waals surface area (Å²) in [6, 6.07) is 6.37. The molecule has 2 unspecified atom stereocenters. The zero-order valence-electron chi connectivity index (χ0n) is 13.7. The van der Waals surface area contributed by atoms with Gasteiger partial charge >= 0.3 is 5.97 Å². The standard InChI is InChI=1S/C17H21NO5S/c1-11(19)13-4-3-5-15(8-13)23-12(2)17(22)18-6-7-24-10-14(18)9-16(20)21/h3-5,8,12,14H,6-7,9-10H2,1-2H3,(H,20,21). The molecule has 1 N–H and O–H groups in total. The fourth-order valence-corrected chi connectivity index (χ4v) is 3.65. The molecule has 6 nitrogen and oxygen atoms in total. The molecule has 1 aromatic rings. The molecular weight excluding hydrogens is 330 g/mol. The van der Waals surface area contributed by atoms with Gasteiger partial charge in [0.15, 0.2) is 11.9 Å². The zero-order valence-corrected chi connectivity index (χ0v) is 14.5. The van der Waals surface area contributed by atoms with Gasteiger partial charge in [-0.15, -0.1) is 0 Å². The number of thioether (sulfide) groups is 1. The minimum absolute atomic E-state index is 0.0642. The summed E-state index contributed by atoms with van der Waals surface area (Å²) in [5, 5.41) is 9.01. The SMILES string of the molecule is CC(=O)c1cccc(OC(C)C(=O)N2CCSCC2CC(=O)O)c1. The summed E-state index contributed by atoms with van der Waals surface area (Å²) in [7, 11) is 0. The maximum Gasteiger partial charge on any atom is 0.305 e. The van der Waals surface area contributed by atoms with E-state index in [1.165, 1.54) is 6.92 Å². The first-order valence-electron chi connectivity index (χ1n) is 7.76. The molecule has 130 valence electrons. The van der Waals surface area contributed by atoms with E-state index in [4.69, 9.17) is 9.84 Å². The minimum Gasteiger partial charge on any atom is -0.481 e. The average Bonchev–Trinajstić information content (AvgIpc) is 2.54. The van der Waals surface area contributed by atoms with Crippen LogP contribution in [0.2, 0.25) is 0 Å². The Kier molecular flexibility index (Phi) is 6.25. The van der Waals surface area contributed by atoms with Crippen LogP contribution in [0.4, 0.5) is 0 Å². The maximum absolute atomic E-state index is 12.6. The summed E-state index contributed by atoms with van der Waals surface area (Å²) < 4.78 is 5.68. The van der Waals surface area contributed by atoms with E-state index in [1.807, 2.05) is 0 Å². The summed E-state index contributed by atoms with van der Waals surface area (Å²) in [5.74, 6) is 0.635. The number of carbonyl (C=O) groups is 3. The quantitative estimate of drug-likeness (QED) is 0.790. The lowest BCUT2D eigenvalue weighted by Gasteiger charge is -2.36. The molecule has 0 aromatic heterocycles. The number of carbonyl (C=O) groups excluding carboxylic acids is 2. The Bertz CT molecular complexity index is 633. The van der Waals surface area contributed by atoms with E-state index >= 15 is 0 Å². The number of aliphatic carboxylic acids is 1. The number of ketones is 1. The highest BCUT2D eigenvalue weighted by atomic mass is 32.2. The molecule has 2 rings (SSSR count). The van der Waals surface area contributed by atoms with E-state index in [0.29, 0.717) is 23.6 Å². The average molecular weight is 351 g/mol. The van der Waals surface area contributed by atoms with Crippen molar-refractivity contribution in [3.63, 3.8) is 0 Å². The largest absolute Gasteiger partial charge is 0.481 e. The van der Waals surface area contributed by atoms with Gasteiger partial charge in [-0.2, -0.15) is 11.8 Å². The molecule has 1 saturated heterocycles. The molecule has 1 fully saturated rings. The molecule has 1 aliphatic heterocycles. The zero-order chi connectivity index (χ0) is 17.7. The van der Waals surface area contributed by atoms with E-state index in [9.17, 15) is 14.4 Å². The Labute approximate surface area is 145 Å². The van der Waals surface area contributed by atoms with Crippen LogP contribution >= 0.6 is 11.8 Å². The molecule has 0 aliphatic carbocycles. The number of ether oxygens (including phenoxy) is 1. The van der Waals surface area contributed by atoms with Crippen molar-refractivity contribution < 1.29 is 24.2 Å². The van der Waals surface area contributed by atoms with Crippen molar-refractivity contribution in [2.24, 2.45) is 0 Å². The Morgan fingerprint density at radius 2 is 2.17 bits per heavy atom. The lowest BCUT2D eigenvalue weighted by Crippen LogP contribution is -2.51. The third-order valence-corrected chi connectivity index (χ3v) is 4.91. The van der Waals surface area contributed by atoms with Crippen LogP contribution in [0.5, 0.6) is 5.75 Å². The molecule has 0 radical (unpaired) electrons. The van der Waals surface area contributed by atoms with Gasteiger partial charge in [-0.25, -0.2) is 0 Å². The highest BCUT2D eigenvalue weighted by Crippen LogP contribution is 2.22. The van der Waals surface area contributed by atoms with E-state index < -0.39 is 12.1 Å². The molecule has 0 spiro atoms. The molecule has 7 heteroatoms. The fraction of sp³-hybridized carbons (Fsp3) is 0.471. The highest BCUT2D eigenvalue weighted by Gasteiger charge is 2.32. The monoisotopic (exact) mass is 351 g/mol. The Morgan fingerprint density at radius 3 is 2.83 bits per heavy atom. The van der Waals surface area contributed by atoms with Crippen LogP contribution in [0, 0.1) is 0 Å². The number of hydrogen-bond donors (Lipinski definition) is 1.